The number of aromatic nitrogens is 5. The molecule has 0 spiro atoms. The number of nitrogen functional groups attached to an aromatic ring is 1. The van der Waals surface area contributed by atoms with E-state index in [-0.39, 0.29) is 29.1 Å². The molecule has 1 aliphatic heterocycles. The van der Waals surface area contributed by atoms with Gasteiger partial charge in [-0.2, -0.15) is 0 Å². The predicted molar refractivity (Wildman–Crippen MR) is 114 cm³/mol. The Morgan fingerprint density at radius 3 is 2.81 bits per heavy atom. The molecular formula is C21H20N8O3. The summed E-state index contributed by atoms with van der Waals surface area (Å²) in [5.74, 6) is -0.225. The molecule has 0 aliphatic carbocycles. The Morgan fingerprint density at radius 2 is 2.06 bits per heavy atom. The second-order valence-electron chi connectivity index (χ2n) is 7.58. The Labute approximate surface area is 182 Å². The number of imidazole rings is 1. The van der Waals surface area contributed by atoms with Gasteiger partial charge in [-0.25, -0.2) is 19.9 Å². The van der Waals surface area contributed by atoms with E-state index in [4.69, 9.17) is 15.9 Å². The van der Waals surface area contributed by atoms with E-state index in [1.165, 1.54) is 17.0 Å². The number of nitrogens with zero attached hydrogens (tertiary/aromatic N) is 6. The van der Waals surface area contributed by atoms with Crippen LogP contribution in [-0.2, 0) is 0 Å². The molecule has 4 aromatic rings. The summed E-state index contributed by atoms with van der Waals surface area (Å²) in [7, 11) is 0. The monoisotopic (exact) mass is 432 g/mol. The molecule has 1 saturated heterocycles. The summed E-state index contributed by atoms with van der Waals surface area (Å²) in [5, 5.41) is 0. The number of likely N-dealkylation sites (tertiary alicyclic amines) is 1. The standard InChI is InChI=1S/C21H20N8O3/c22-18(30)17-19-26-14(16-4-2-8-32-16)9-15(29(19)11-25-17)20(31)28-7-1-3-12(10-28)13-5-6-24-21(23)27-13/h2,4-6,8-9,11-12H,1,3,7,10H2,(H2,22,30)(H2,23,24,27)/t12-/m0/s1. The molecule has 0 radical (unpaired) electrons. The minimum absolute atomic E-state index is 0.0135. The number of nitrogens with two attached hydrogens (primary N) is 2. The topological polar surface area (TPSA) is 159 Å². The lowest BCUT2D eigenvalue weighted by Crippen LogP contribution is -2.40. The van der Waals surface area contributed by atoms with Crippen molar-refractivity contribution in [2.75, 3.05) is 18.8 Å². The Hall–Kier alpha value is -4.28. The fourth-order valence-electron chi connectivity index (χ4n) is 4.04. The summed E-state index contributed by atoms with van der Waals surface area (Å²) in [5.41, 5.74) is 12.9. The molecule has 0 unspecified atom stereocenters. The number of piperidine rings is 1. The van der Waals surface area contributed by atoms with Crippen molar-refractivity contribution in [3.63, 3.8) is 0 Å². The summed E-state index contributed by atoms with van der Waals surface area (Å²) in [6, 6.07) is 6.90. The lowest BCUT2D eigenvalue weighted by molar-refractivity contribution is 0.0698. The van der Waals surface area contributed by atoms with Crippen molar-refractivity contribution in [3.8, 4) is 11.5 Å². The van der Waals surface area contributed by atoms with E-state index in [2.05, 4.69) is 19.9 Å². The summed E-state index contributed by atoms with van der Waals surface area (Å²) in [6.07, 6.45) is 6.22. The number of carbonyl (C=O) groups excluding carboxylic acids is 2. The highest BCUT2D eigenvalue weighted by Crippen LogP contribution is 2.28. The number of amides is 2. The zero-order valence-electron chi connectivity index (χ0n) is 17.0. The molecule has 1 aliphatic rings. The molecule has 5 rings (SSSR count). The quantitative estimate of drug-likeness (QED) is 0.490. The number of carbonyl (C=O) groups is 2. The smallest absolute Gasteiger partial charge is 0.271 e. The van der Waals surface area contributed by atoms with Gasteiger partial charge in [0, 0.05) is 25.2 Å². The van der Waals surface area contributed by atoms with Crippen LogP contribution >= 0.6 is 0 Å². The second kappa shape index (κ2) is 7.76. The van der Waals surface area contributed by atoms with Crippen molar-refractivity contribution in [2.45, 2.75) is 18.8 Å². The van der Waals surface area contributed by atoms with E-state index in [1.807, 2.05) is 6.07 Å². The Morgan fingerprint density at radius 1 is 1.19 bits per heavy atom. The van der Waals surface area contributed by atoms with Crippen LogP contribution in [0, 0.1) is 0 Å². The van der Waals surface area contributed by atoms with Crippen molar-refractivity contribution in [3.05, 3.63) is 60.1 Å². The normalized spacial score (nSPS) is 16.4. The lowest BCUT2D eigenvalue weighted by atomic mass is 9.94. The van der Waals surface area contributed by atoms with Gasteiger partial charge in [0.1, 0.15) is 17.7 Å². The molecule has 4 N–H and O–H groups in total. The maximum Gasteiger partial charge on any atom is 0.271 e. The largest absolute Gasteiger partial charge is 0.463 e. The molecule has 0 saturated carbocycles. The third kappa shape index (κ3) is 3.43. The lowest BCUT2D eigenvalue weighted by Gasteiger charge is -2.32. The van der Waals surface area contributed by atoms with Gasteiger partial charge in [-0.3, -0.25) is 14.0 Å². The molecule has 11 heteroatoms. The average molecular weight is 432 g/mol. The van der Waals surface area contributed by atoms with Gasteiger partial charge in [0.2, 0.25) is 5.95 Å². The summed E-state index contributed by atoms with van der Waals surface area (Å²) < 4.78 is 6.94. The first kappa shape index (κ1) is 19.7. The highest BCUT2D eigenvalue weighted by atomic mass is 16.3. The van der Waals surface area contributed by atoms with E-state index in [0.717, 1.165) is 18.5 Å². The first-order valence-electron chi connectivity index (χ1n) is 10.1. The molecule has 32 heavy (non-hydrogen) atoms. The first-order chi connectivity index (χ1) is 15.5. The number of primary amides is 1. The van der Waals surface area contributed by atoms with Crippen LogP contribution in [0.4, 0.5) is 5.95 Å². The highest BCUT2D eigenvalue weighted by Gasteiger charge is 2.29. The van der Waals surface area contributed by atoms with Crippen LogP contribution in [0.5, 0.6) is 0 Å². The highest BCUT2D eigenvalue weighted by molar-refractivity contribution is 5.99. The summed E-state index contributed by atoms with van der Waals surface area (Å²) in [4.78, 5) is 44.0. The third-order valence-corrected chi connectivity index (χ3v) is 5.55. The fourth-order valence-corrected chi connectivity index (χ4v) is 4.04. The van der Waals surface area contributed by atoms with Crippen LogP contribution < -0.4 is 11.5 Å². The molecule has 4 aromatic heterocycles. The van der Waals surface area contributed by atoms with Gasteiger partial charge in [0.05, 0.1) is 12.0 Å². The zero-order valence-corrected chi connectivity index (χ0v) is 17.0. The predicted octanol–water partition coefficient (Wildman–Crippen LogP) is 1.48. The van der Waals surface area contributed by atoms with Gasteiger partial charge in [-0.15, -0.1) is 0 Å². The number of hydrogen-bond donors (Lipinski definition) is 2. The maximum absolute atomic E-state index is 13.6. The Kier molecular flexibility index (Phi) is 4.77. The Bertz CT molecular complexity index is 1310. The van der Waals surface area contributed by atoms with E-state index < -0.39 is 5.91 Å². The van der Waals surface area contributed by atoms with Gasteiger partial charge < -0.3 is 20.8 Å². The van der Waals surface area contributed by atoms with Crippen molar-refractivity contribution in [2.24, 2.45) is 5.73 Å². The summed E-state index contributed by atoms with van der Waals surface area (Å²) in [6.45, 7) is 1.07. The minimum Gasteiger partial charge on any atom is -0.463 e. The maximum atomic E-state index is 13.6. The van der Waals surface area contributed by atoms with Crippen molar-refractivity contribution < 1.29 is 14.0 Å². The molecule has 5 heterocycles. The SMILES string of the molecule is NC(=O)c1ncn2c(C(=O)N3CCC[C@H](c4ccnc(N)n4)C3)cc(-c3ccco3)nc12. The molecule has 11 nitrogen and oxygen atoms in total. The second-order valence-corrected chi connectivity index (χ2v) is 7.58. The van der Waals surface area contributed by atoms with Gasteiger partial charge in [0.25, 0.3) is 11.8 Å². The van der Waals surface area contributed by atoms with E-state index >= 15 is 0 Å². The van der Waals surface area contributed by atoms with Crippen LogP contribution in [0.1, 0.15) is 45.4 Å². The molecule has 0 aromatic carbocycles. The molecule has 2 amide bonds. The molecule has 0 bridgehead atoms. The number of fused-ring (bicyclic) bond motifs is 1. The number of rotatable bonds is 4. The van der Waals surface area contributed by atoms with Crippen LogP contribution in [0.3, 0.4) is 0 Å². The number of hydrogen-bond acceptors (Lipinski definition) is 8. The van der Waals surface area contributed by atoms with Gasteiger partial charge in [-0.1, -0.05) is 0 Å². The van der Waals surface area contributed by atoms with Crippen LogP contribution in [0.25, 0.3) is 17.1 Å². The molecule has 162 valence electrons. The summed E-state index contributed by atoms with van der Waals surface area (Å²) >= 11 is 0. The third-order valence-electron chi connectivity index (χ3n) is 5.55. The van der Waals surface area contributed by atoms with Gasteiger partial charge in [0.15, 0.2) is 17.1 Å². The fraction of sp³-hybridized carbons (Fsp3) is 0.238. The van der Waals surface area contributed by atoms with Crippen LogP contribution in [-0.4, -0.2) is 54.1 Å². The van der Waals surface area contributed by atoms with E-state index in [1.54, 1.807) is 29.3 Å². The van der Waals surface area contributed by atoms with Gasteiger partial charge in [-0.05, 0) is 37.1 Å². The molecule has 1 atom stereocenters. The first-order valence-corrected chi connectivity index (χ1v) is 10.1. The number of furan rings is 1. The average Bonchev–Trinajstić information content (AvgIpc) is 3.48. The van der Waals surface area contributed by atoms with E-state index in [9.17, 15) is 9.59 Å². The Balaban J connectivity index is 1.54. The van der Waals surface area contributed by atoms with Crippen molar-refractivity contribution in [1.29, 1.82) is 0 Å². The minimum atomic E-state index is -0.727. The zero-order chi connectivity index (χ0) is 22.2. The molecular weight excluding hydrogens is 412 g/mol. The van der Waals surface area contributed by atoms with Crippen LogP contribution in [0.2, 0.25) is 0 Å². The van der Waals surface area contributed by atoms with E-state index in [0.29, 0.717) is 30.2 Å². The van der Waals surface area contributed by atoms with Gasteiger partial charge >= 0.3 is 0 Å². The van der Waals surface area contributed by atoms with Crippen molar-refractivity contribution in [1.82, 2.24) is 29.2 Å². The van der Waals surface area contributed by atoms with Crippen LogP contribution in [0.15, 0.2) is 47.5 Å². The van der Waals surface area contributed by atoms with Crippen molar-refractivity contribution >= 4 is 23.4 Å². The number of anilines is 1. The molecule has 1 fully saturated rings.